The molecule has 0 saturated carbocycles. The molecule has 0 bridgehead atoms. The molecule has 1 fully saturated rings. The van der Waals surface area contributed by atoms with Crippen molar-refractivity contribution in [2.24, 2.45) is 11.8 Å². The van der Waals surface area contributed by atoms with Crippen LogP contribution in [0.3, 0.4) is 0 Å². The minimum atomic E-state index is 0.767. The third-order valence-electron chi connectivity index (χ3n) is 2.99. The Morgan fingerprint density at radius 2 is 2.50 bits per heavy atom. The van der Waals surface area contributed by atoms with Crippen molar-refractivity contribution < 1.29 is 4.42 Å². The molecule has 1 unspecified atom stereocenters. The van der Waals surface area contributed by atoms with E-state index in [-0.39, 0.29) is 0 Å². The largest absolute Gasteiger partial charge is 0.472 e. The van der Waals surface area contributed by atoms with Crippen molar-refractivity contribution in [3.63, 3.8) is 0 Å². The standard InChI is InChI=1S/C11H18N2O/c1-9(11-6-13-7-11)4-12-5-10-2-3-14-8-10/h2-3,8-9,11-13H,4-7H2,1H3. The van der Waals surface area contributed by atoms with Gasteiger partial charge in [0.05, 0.1) is 12.5 Å². The molecular weight excluding hydrogens is 176 g/mol. The number of hydrogen-bond donors (Lipinski definition) is 2. The van der Waals surface area contributed by atoms with Gasteiger partial charge in [-0.25, -0.2) is 0 Å². The highest BCUT2D eigenvalue weighted by molar-refractivity contribution is 5.04. The second kappa shape index (κ2) is 4.62. The van der Waals surface area contributed by atoms with Gasteiger partial charge < -0.3 is 15.1 Å². The Hall–Kier alpha value is -0.800. The van der Waals surface area contributed by atoms with E-state index in [4.69, 9.17) is 4.42 Å². The predicted octanol–water partition coefficient (Wildman–Crippen LogP) is 1.22. The quantitative estimate of drug-likeness (QED) is 0.740. The van der Waals surface area contributed by atoms with Crippen LogP contribution in [0.25, 0.3) is 0 Å². The Morgan fingerprint density at radius 1 is 1.64 bits per heavy atom. The van der Waals surface area contributed by atoms with Crippen molar-refractivity contribution in [3.8, 4) is 0 Å². The van der Waals surface area contributed by atoms with E-state index in [1.165, 1.54) is 18.7 Å². The highest BCUT2D eigenvalue weighted by Crippen LogP contribution is 2.14. The Balaban J connectivity index is 1.62. The first-order valence-corrected chi connectivity index (χ1v) is 5.29. The van der Waals surface area contributed by atoms with E-state index >= 15 is 0 Å². The molecule has 78 valence electrons. The molecule has 2 N–H and O–H groups in total. The molecule has 0 radical (unpaired) electrons. The van der Waals surface area contributed by atoms with Crippen molar-refractivity contribution in [3.05, 3.63) is 24.2 Å². The van der Waals surface area contributed by atoms with E-state index in [1.54, 1.807) is 12.5 Å². The minimum Gasteiger partial charge on any atom is -0.472 e. The van der Waals surface area contributed by atoms with Crippen LogP contribution in [0.4, 0.5) is 0 Å². The second-order valence-corrected chi connectivity index (χ2v) is 4.16. The van der Waals surface area contributed by atoms with Gasteiger partial charge in [-0.05, 0) is 37.5 Å². The maximum atomic E-state index is 5.00. The van der Waals surface area contributed by atoms with Crippen LogP contribution in [0, 0.1) is 11.8 Å². The number of nitrogens with one attached hydrogen (secondary N) is 2. The molecule has 1 saturated heterocycles. The van der Waals surface area contributed by atoms with Crippen LogP contribution in [-0.2, 0) is 6.54 Å². The Morgan fingerprint density at radius 3 is 3.07 bits per heavy atom. The van der Waals surface area contributed by atoms with Gasteiger partial charge in [0.15, 0.2) is 0 Å². The molecule has 2 rings (SSSR count). The summed E-state index contributed by atoms with van der Waals surface area (Å²) in [6, 6.07) is 2.00. The summed E-state index contributed by atoms with van der Waals surface area (Å²) in [4.78, 5) is 0. The first-order chi connectivity index (χ1) is 6.86. The second-order valence-electron chi connectivity index (χ2n) is 4.16. The van der Waals surface area contributed by atoms with Gasteiger partial charge in [0.1, 0.15) is 0 Å². The molecular formula is C11H18N2O. The van der Waals surface area contributed by atoms with Gasteiger partial charge in [-0.15, -0.1) is 0 Å². The molecule has 0 amide bonds. The molecule has 3 heteroatoms. The zero-order chi connectivity index (χ0) is 9.80. The molecule has 1 aliphatic rings. The highest BCUT2D eigenvalue weighted by atomic mass is 16.3. The third kappa shape index (κ3) is 2.36. The average molecular weight is 194 g/mol. The average Bonchev–Trinajstić information content (AvgIpc) is 2.53. The molecule has 0 spiro atoms. The van der Waals surface area contributed by atoms with E-state index in [1.807, 2.05) is 6.07 Å². The summed E-state index contributed by atoms with van der Waals surface area (Å²) in [5, 5.41) is 6.75. The Bertz CT molecular complexity index is 254. The summed E-state index contributed by atoms with van der Waals surface area (Å²) in [5.41, 5.74) is 1.23. The van der Waals surface area contributed by atoms with Crippen molar-refractivity contribution in [1.29, 1.82) is 0 Å². The van der Waals surface area contributed by atoms with Gasteiger partial charge in [-0.3, -0.25) is 0 Å². The summed E-state index contributed by atoms with van der Waals surface area (Å²) in [6.45, 7) is 6.70. The molecule has 1 aliphatic heterocycles. The molecule has 0 aliphatic carbocycles. The topological polar surface area (TPSA) is 37.2 Å². The van der Waals surface area contributed by atoms with Crippen LogP contribution >= 0.6 is 0 Å². The van der Waals surface area contributed by atoms with E-state index in [2.05, 4.69) is 17.6 Å². The Labute approximate surface area is 84.9 Å². The van der Waals surface area contributed by atoms with Crippen LogP contribution in [-0.4, -0.2) is 19.6 Å². The maximum Gasteiger partial charge on any atom is 0.0947 e. The number of rotatable bonds is 5. The van der Waals surface area contributed by atoms with Crippen molar-refractivity contribution in [1.82, 2.24) is 10.6 Å². The zero-order valence-corrected chi connectivity index (χ0v) is 8.62. The highest BCUT2D eigenvalue weighted by Gasteiger charge is 2.22. The van der Waals surface area contributed by atoms with Gasteiger partial charge in [0, 0.05) is 12.1 Å². The molecule has 14 heavy (non-hydrogen) atoms. The summed E-state index contributed by atoms with van der Waals surface area (Å²) in [5.74, 6) is 1.63. The first-order valence-electron chi connectivity index (χ1n) is 5.29. The van der Waals surface area contributed by atoms with Gasteiger partial charge in [-0.2, -0.15) is 0 Å². The first kappa shape index (κ1) is 9.74. The van der Waals surface area contributed by atoms with Crippen LogP contribution in [0.2, 0.25) is 0 Å². The molecule has 2 heterocycles. The maximum absolute atomic E-state index is 5.00. The van der Waals surface area contributed by atoms with Crippen LogP contribution in [0.5, 0.6) is 0 Å². The molecule has 3 nitrogen and oxygen atoms in total. The lowest BCUT2D eigenvalue weighted by atomic mass is 9.89. The van der Waals surface area contributed by atoms with Gasteiger partial charge >= 0.3 is 0 Å². The molecule has 1 atom stereocenters. The fourth-order valence-electron chi connectivity index (χ4n) is 1.72. The van der Waals surface area contributed by atoms with E-state index in [0.29, 0.717) is 0 Å². The number of hydrogen-bond acceptors (Lipinski definition) is 3. The lowest BCUT2D eigenvalue weighted by Crippen LogP contribution is -2.47. The van der Waals surface area contributed by atoms with E-state index in [0.717, 1.165) is 24.9 Å². The normalized spacial score (nSPS) is 19.2. The monoisotopic (exact) mass is 194 g/mol. The lowest BCUT2D eigenvalue weighted by Gasteiger charge is -2.32. The summed E-state index contributed by atoms with van der Waals surface area (Å²) >= 11 is 0. The van der Waals surface area contributed by atoms with Crippen molar-refractivity contribution in [2.75, 3.05) is 19.6 Å². The van der Waals surface area contributed by atoms with Gasteiger partial charge in [-0.1, -0.05) is 6.92 Å². The SMILES string of the molecule is CC(CNCc1ccoc1)C1CNC1. The number of furan rings is 1. The fourth-order valence-corrected chi connectivity index (χ4v) is 1.72. The lowest BCUT2D eigenvalue weighted by molar-refractivity contribution is 0.242. The fraction of sp³-hybridized carbons (Fsp3) is 0.636. The summed E-state index contributed by atoms with van der Waals surface area (Å²) in [6.07, 6.45) is 3.51. The molecule has 1 aromatic rings. The zero-order valence-electron chi connectivity index (χ0n) is 8.62. The van der Waals surface area contributed by atoms with Gasteiger partial charge in [0.2, 0.25) is 0 Å². The van der Waals surface area contributed by atoms with Crippen molar-refractivity contribution in [2.45, 2.75) is 13.5 Å². The van der Waals surface area contributed by atoms with Crippen molar-refractivity contribution >= 4 is 0 Å². The van der Waals surface area contributed by atoms with Crippen LogP contribution in [0.1, 0.15) is 12.5 Å². The summed E-state index contributed by atoms with van der Waals surface area (Å²) in [7, 11) is 0. The molecule has 1 aromatic heterocycles. The van der Waals surface area contributed by atoms with Crippen LogP contribution < -0.4 is 10.6 Å². The molecule has 0 aromatic carbocycles. The predicted molar refractivity (Wildman–Crippen MR) is 55.9 cm³/mol. The Kier molecular flexibility index (Phi) is 3.22. The third-order valence-corrected chi connectivity index (χ3v) is 2.99. The summed E-state index contributed by atoms with van der Waals surface area (Å²) < 4.78 is 5.00. The minimum absolute atomic E-state index is 0.767. The van der Waals surface area contributed by atoms with E-state index in [9.17, 15) is 0 Å². The van der Waals surface area contributed by atoms with Crippen LogP contribution in [0.15, 0.2) is 23.0 Å². The van der Waals surface area contributed by atoms with Gasteiger partial charge in [0.25, 0.3) is 0 Å². The van der Waals surface area contributed by atoms with E-state index < -0.39 is 0 Å². The smallest absolute Gasteiger partial charge is 0.0947 e.